The number of ketones is 1. The van der Waals surface area contributed by atoms with Crippen molar-refractivity contribution in [1.82, 2.24) is 4.90 Å². The van der Waals surface area contributed by atoms with E-state index < -0.39 is 17.7 Å². The van der Waals surface area contributed by atoms with Crippen molar-refractivity contribution in [2.24, 2.45) is 0 Å². The molecule has 2 aliphatic heterocycles. The van der Waals surface area contributed by atoms with Crippen LogP contribution >= 0.6 is 0 Å². The Morgan fingerprint density at radius 1 is 1.03 bits per heavy atom. The number of esters is 1. The Balaban J connectivity index is 1.51. The minimum atomic E-state index is -0.823. The number of amides is 1. The summed E-state index contributed by atoms with van der Waals surface area (Å²) in [5, 5.41) is 0. The zero-order valence-electron chi connectivity index (χ0n) is 16.2. The van der Waals surface area contributed by atoms with Crippen LogP contribution in [-0.2, 0) is 32.2 Å². The highest BCUT2D eigenvalue weighted by molar-refractivity contribution is 6.36. The Kier molecular flexibility index (Phi) is 5.20. The second kappa shape index (κ2) is 7.95. The Hall–Kier alpha value is -3.35. The molecule has 0 radical (unpaired) electrons. The summed E-state index contributed by atoms with van der Waals surface area (Å²) < 4.78 is 10.1. The molecule has 0 saturated heterocycles. The molecule has 1 amide bonds. The average Bonchev–Trinajstić information content (AvgIpc) is 3.02. The molecule has 1 unspecified atom stereocenters. The number of hydrogen-bond acceptors (Lipinski definition) is 6. The number of carbonyl (C=O) groups excluding carboxylic acids is 3. The summed E-state index contributed by atoms with van der Waals surface area (Å²) in [6, 6.07) is 15.2. The van der Waals surface area contributed by atoms with Crippen molar-refractivity contribution in [3.63, 3.8) is 0 Å². The molecule has 0 aromatic heterocycles. The number of ether oxygens (including phenoxy) is 2. The van der Waals surface area contributed by atoms with Gasteiger partial charge in [-0.1, -0.05) is 48.5 Å². The summed E-state index contributed by atoms with van der Waals surface area (Å²) >= 11 is 0. The number of carbonyl (C=O) groups is 3. The van der Waals surface area contributed by atoms with Gasteiger partial charge in [0.15, 0.2) is 0 Å². The van der Waals surface area contributed by atoms with E-state index in [-0.39, 0.29) is 12.7 Å². The molecule has 0 N–H and O–H groups in total. The Morgan fingerprint density at radius 2 is 1.83 bits per heavy atom. The second-order valence-electron chi connectivity index (χ2n) is 7.17. The van der Waals surface area contributed by atoms with Crippen molar-refractivity contribution in [2.75, 3.05) is 31.6 Å². The first-order chi connectivity index (χ1) is 14.1. The predicted octanol–water partition coefficient (Wildman–Crippen LogP) is 2.48. The fraction of sp³-hybridized carbons (Fsp3) is 0.318. The lowest BCUT2D eigenvalue weighted by Crippen LogP contribution is -2.36. The molecule has 1 atom stereocenters. The fourth-order valence-corrected chi connectivity index (χ4v) is 3.98. The molecule has 0 aliphatic carbocycles. The fourth-order valence-electron chi connectivity index (χ4n) is 3.98. The van der Waals surface area contributed by atoms with Crippen molar-refractivity contribution in [1.29, 1.82) is 0 Å². The second-order valence-corrected chi connectivity index (χ2v) is 7.17. The molecule has 2 aromatic carbocycles. The lowest BCUT2D eigenvalue weighted by Gasteiger charge is -2.22. The Bertz CT molecular complexity index is 943. The SMILES string of the molecule is COC(=O)C(=O)C1CN2CCN(C(=O)OCc3ccccc3)Cc3cccc1c32. The van der Waals surface area contributed by atoms with Crippen LogP contribution in [-0.4, -0.2) is 49.5 Å². The number of benzene rings is 2. The molecule has 2 aliphatic rings. The van der Waals surface area contributed by atoms with Gasteiger partial charge in [-0.15, -0.1) is 0 Å². The van der Waals surface area contributed by atoms with E-state index in [1.54, 1.807) is 4.90 Å². The van der Waals surface area contributed by atoms with E-state index in [2.05, 4.69) is 9.64 Å². The van der Waals surface area contributed by atoms with Gasteiger partial charge in [0.05, 0.1) is 19.6 Å². The van der Waals surface area contributed by atoms with E-state index in [0.717, 1.165) is 22.4 Å². The minimum Gasteiger partial charge on any atom is -0.463 e. The van der Waals surface area contributed by atoms with Gasteiger partial charge in [0.1, 0.15) is 6.61 Å². The molecule has 2 heterocycles. The van der Waals surface area contributed by atoms with Crippen LogP contribution in [0.2, 0.25) is 0 Å². The molecular formula is C22H22N2O5. The molecule has 0 bridgehead atoms. The van der Waals surface area contributed by atoms with E-state index >= 15 is 0 Å². The molecular weight excluding hydrogens is 372 g/mol. The topological polar surface area (TPSA) is 76.2 Å². The molecule has 29 heavy (non-hydrogen) atoms. The maximum Gasteiger partial charge on any atom is 0.410 e. The van der Waals surface area contributed by atoms with Crippen molar-refractivity contribution >= 4 is 23.5 Å². The average molecular weight is 394 g/mol. The lowest BCUT2D eigenvalue weighted by atomic mass is 9.95. The van der Waals surface area contributed by atoms with Crippen molar-refractivity contribution < 1.29 is 23.9 Å². The highest BCUT2D eigenvalue weighted by Gasteiger charge is 2.40. The standard InChI is InChI=1S/C22H22N2O5/c1-28-21(26)20(25)18-13-23-10-11-24(12-16-8-5-9-17(18)19(16)23)22(27)29-14-15-6-3-2-4-7-15/h2-9,18H,10-14H2,1H3. The zero-order chi connectivity index (χ0) is 20.4. The number of para-hydroxylation sites is 1. The monoisotopic (exact) mass is 394 g/mol. The normalized spacial score (nSPS) is 17.3. The van der Waals surface area contributed by atoms with Crippen molar-refractivity contribution in [2.45, 2.75) is 19.1 Å². The van der Waals surface area contributed by atoms with Crippen LogP contribution in [0.25, 0.3) is 0 Å². The minimum absolute atomic E-state index is 0.225. The van der Waals surface area contributed by atoms with Gasteiger partial charge < -0.3 is 19.3 Å². The van der Waals surface area contributed by atoms with E-state index in [1.807, 2.05) is 48.5 Å². The number of anilines is 1. The van der Waals surface area contributed by atoms with E-state index in [9.17, 15) is 14.4 Å². The molecule has 7 nitrogen and oxygen atoms in total. The number of methoxy groups -OCH3 is 1. The molecule has 2 aromatic rings. The number of nitrogens with zero attached hydrogens (tertiary/aromatic N) is 2. The third-order valence-corrected chi connectivity index (χ3v) is 5.41. The van der Waals surface area contributed by atoms with Crippen LogP contribution in [0.3, 0.4) is 0 Å². The summed E-state index contributed by atoms with van der Waals surface area (Å²) in [4.78, 5) is 40.5. The Labute approximate surface area is 168 Å². The highest BCUT2D eigenvalue weighted by Crippen LogP contribution is 2.41. The largest absolute Gasteiger partial charge is 0.463 e. The van der Waals surface area contributed by atoms with Crippen LogP contribution < -0.4 is 4.90 Å². The van der Waals surface area contributed by atoms with Gasteiger partial charge in [0.25, 0.3) is 0 Å². The maximum absolute atomic E-state index is 12.6. The van der Waals surface area contributed by atoms with Gasteiger partial charge in [-0.2, -0.15) is 0 Å². The summed E-state index contributed by atoms with van der Waals surface area (Å²) in [5.41, 5.74) is 3.63. The first-order valence-electron chi connectivity index (χ1n) is 9.53. The molecule has 150 valence electrons. The zero-order valence-corrected chi connectivity index (χ0v) is 16.2. The quantitative estimate of drug-likeness (QED) is 0.586. The van der Waals surface area contributed by atoms with E-state index in [0.29, 0.717) is 26.2 Å². The number of Topliss-reactive ketones (excluding diaryl/α,β-unsaturated/α-hetero) is 1. The number of rotatable bonds is 4. The van der Waals surface area contributed by atoms with Crippen LogP contribution in [0.15, 0.2) is 48.5 Å². The van der Waals surface area contributed by atoms with Crippen LogP contribution in [0.4, 0.5) is 10.5 Å². The van der Waals surface area contributed by atoms with Crippen LogP contribution in [0.5, 0.6) is 0 Å². The van der Waals surface area contributed by atoms with Gasteiger partial charge in [-0.3, -0.25) is 4.79 Å². The van der Waals surface area contributed by atoms with Crippen LogP contribution in [0.1, 0.15) is 22.6 Å². The maximum atomic E-state index is 12.6. The molecule has 0 spiro atoms. The smallest absolute Gasteiger partial charge is 0.410 e. The van der Waals surface area contributed by atoms with Crippen LogP contribution in [0, 0.1) is 0 Å². The summed E-state index contributed by atoms with van der Waals surface area (Å²) in [5.74, 6) is -1.89. The first kappa shape index (κ1) is 19.0. The molecule has 7 heteroatoms. The Morgan fingerprint density at radius 3 is 2.59 bits per heavy atom. The van der Waals surface area contributed by atoms with E-state index in [1.165, 1.54) is 7.11 Å². The third-order valence-electron chi connectivity index (χ3n) is 5.41. The lowest BCUT2D eigenvalue weighted by molar-refractivity contribution is -0.152. The van der Waals surface area contributed by atoms with Crippen molar-refractivity contribution in [3.05, 3.63) is 65.2 Å². The summed E-state index contributed by atoms with van der Waals surface area (Å²) in [6.45, 7) is 2.07. The molecule has 4 rings (SSSR count). The summed E-state index contributed by atoms with van der Waals surface area (Å²) in [6.07, 6.45) is -0.366. The molecule has 0 fully saturated rings. The highest BCUT2D eigenvalue weighted by atomic mass is 16.6. The number of hydrogen-bond donors (Lipinski definition) is 0. The first-order valence-corrected chi connectivity index (χ1v) is 9.53. The molecule has 0 saturated carbocycles. The third kappa shape index (κ3) is 3.68. The predicted molar refractivity (Wildman–Crippen MR) is 105 cm³/mol. The van der Waals surface area contributed by atoms with Gasteiger partial charge in [-0.05, 0) is 16.7 Å². The van der Waals surface area contributed by atoms with E-state index in [4.69, 9.17) is 4.74 Å². The van der Waals surface area contributed by atoms with Gasteiger partial charge in [0, 0.05) is 25.3 Å². The van der Waals surface area contributed by atoms with Gasteiger partial charge in [-0.25, -0.2) is 9.59 Å². The van der Waals surface area contributed by atoms with Crippen molar-refractivity contribution in [3.8, 4) is 0 Å². The van der Waals surface area contributed by atoms with Gasteiger partial charge >= 0.3 is 12.1 Å². The van der Waals surface area contributed by atoms with Gasteiger partial charge in [0.2, 0.25) is 5.78 Å². The summed E-state index contributed by atoms with van der Waals surface area (Å²) in [7, 11) is 1.21.